The van der Waals surface area contributed by atoms with Crippen LogP contribution in [0.15, 0.2) is 50.9 Å². The van der Waals surface area contributed by atoms with Gasteiger partial charge in [0.2, 0.25) is 0 Å². The summed E-state index contributed by atoms with van der Waals surface area (Å²) in [5, 5.41) is 8.97. The molecule has 1 aliphatic rings. The first-order valence-electron chi connectivity index (χ1n) is 7.88. The van der Waals surface area contributed by atoms with Crippen molar-refractivity contribution in [3.05, 3.63) is 42.4 Å². The molecule has 0 spiro atoms. The van der Waals surface area contributed by atoms with Gasteiger partial charge in [-0.25, -0.2) is 9.79 Å². The average molecular weight is 360 g/mol. The van der Waals surface area contributed by atoms with E-state index in [0.717, 1.165) is 28.6 Å². The van der Waals surface area contributed by atoms with Crippen LogP contribution in [-0.4, -0.2) is 54.4 Å². The molecule has 0 saturated carbocycles. The number of amidine groups is 1. The smallest absolute Gasteiger partial charge is 0.407 e. The minimum atomic E-state index is -0.912. The second-order valence-corrected chi connectivity index (χ2v) is 6.80. The Morgan fingerprint density at radius 3 is 3.04 bits per heavy atom. The molecule has 0 radical (unpaired) electrons. The van der Waals surface area contributed by atoms with Crippen molar-refractivity contribution >= 4 is 35.1 Å². The van der Waals surface area contributed by atoms with Crippen LogP contribution in [0.1, 0.15) is 5.76 Å². The number of hydrogen-bond acceptors (Lipinski definition) is 5. The number of nitrogens with two attached hydrogens (primary N) is 1. The highest BCUT2D eigenvalue weighted by atomic mass is 32.2. The molecular formula is C17H20N4O3S. The molecule has 7 nitrogen and oxygen atoms in total. The largest absolute Gasteiger partial charge is 0.465 e. The normalized spacial score (nSPS) is 14.3. The maximum atomic E-state index is 10.9. The molecule has 0 bridgehead atoms. The molecule has 25 heavy (non-hydrogen) atoms. The molecule has 0 saturated heterocycles. The molecule has 0 aliphatic carbocycles. The molecule has 2 heterocycles. The number of furan rings is 1. The zero-order chi connectivity index (χ0) is 17.8. The quantitative estimate of drug-likeness (QED) is 0.629. The lowest BCUT2D eigenvalue weighted by Gasteiger charge is -2.32. The van der Waals surface area contributed by atoms with Crippen molar-refractivity contribution in [2.24, 2.45) is 10.7 Å². The number of thioether (sulfide) groups is 1. The van der Waals surface area contributed by atoms with E-state index in [9.17, 15) is 4.79 Å². The summed E-state index contributed by atoms with van der Waals surface area (Å²) >= 11 is 1.77. The van der Waals surface area contributed by atoms with Crippen LogP contribution >= 0.6 is 11.8 Å². The zero-order valence-corrected chi connectivity index (χ0v) is 14.7. The third-order valence-electron chi connectivity index (χ3n) is 3.96. The summed E-state index contributed by atoms with van der Waals surface area (Å²) in [5.74, 6) is 1.83. The SMILES string of the molecule is CN(CCN1CCSc2cc(N=C(N)c3ccco3)ccc21)C(=O)O. The van der Waals surface area contributed by atoms with E-state index < -0.39 is 6.09 Å². The number of nitrogens with zero attached hydrogens (tertiary/aromatic N) is 3. The van der Waals surface area contributed by atoms with Gasteiger partial charge < -0.3 is 25.1 Å². The predicted octanol–water partition coefficient (Wildman–Crippen LogP) is 2.84. The van der Waals surface area contributed by atoms with Crippen molar-refractivity contribution in [2.45, 2.75) is 4.90 Å². The van der Waals surface area contributed by atoms with Gasteiger partial charge in [-0.15, -0.1) is 11.8 Å². The van der Waals surface area contributed by atoms with E-state index in [1.807, 2.05) is 18.2 Å². The highest BCUT2D eigenvalue weighted by Gasteiger charge is 2.19. The summed E-state index contributed by atoms with van der Waals surface area (Å²) < 4.78 is 5.25. The monoisotopic (exact) mass is 360 g/mol. The first-order valence-corrected chi connectivity index (χ1v) is 8.87. The summed E-state index contributed by atoms with van der Waals surface area (Å²) in [6.07, 6.45) is 0.650. The molecule has 0 fully saturated rings. The third kappa shape index (κ3) is 4.08. The van der Waals surface area contributed by atoms with Gasteiger partial charge in [0.1, 0.15) is 0 Å². The van der Waals surface area contributed by atoms with E-state index in [4.69, 9.17) is 15.3 Å². The van der Waals surface area contributed by atoms with E-state index in [0.29, 0.717) is 24.7 Å². The molecule has 1 aromatic heterocycles. The van der Waals surface area contributed by atoms with E-state index in [-0.39, 0.29) is 0 Å². The van der Waals surface area contributed by atoms with Crippen molar-refractivity contribution in [2.75, 3.05) is 37.3 Å². The minimum absolute atomic E-state index is 0.339. The van der Waals surface area contributed by atoms with Crippen LogP contribution in [0.4, 0.5) is 16.2 Å². The van der Waals surface area contributed by atoms with Gasteiger partial charge in [-0.1, -0.05) is 0 Å². The highest BCUT2D eigenvalue weighted by Crippen LogP contribution is 2.37. The number of aliphatic imine (C=N–C) groups is 1. The van der Waals surface area contributed by atoms with Crippen molar-refractivity contribution in [1.82, 2.24) is 4.90 Å². The maximum Gasteiger partial charge on any atom is 0.407 e. The van der Waals surface area contributed by atoms with E-state index >= 15 is 0 Å². The second kappa shape index (κ2) is 7.52. The van der Waals surface area contributed by atoms with Crippen molar-refractivity contribution < 1.29 is 14.3 Å². The molecule has 1 amide bonds. The van der Waals surface area contributed by atoms with Crippen LogP contribution in [-0.2, 0) is 0 Å². The van der Waals surface area contributed by atoms with Crippen LogP contribution in [0.5, 0.6) is 0 Å². The topological polar surface area (TPSA) is 95.3 Å². The summed E-state index contributed by atoms with van der Waals surface area (Å²) in [7, 11) is 1.58. The van der Waals surface area contributed by atoms with Gasteiger partial charge in [-0.05, 0) is 30.3 Å². The fourth-order valence-corrected chi connectivity index (χ4v) is 3.63. The Kier molecular flexibility index (Phi) is 5.18. The number of fused-ring (bicyclic) bond motifs is 1. The van der Waals surface area contributed by atoms with Gasteiger partial charge in [-0.2, -0.15) is 0 Å². The van der Waals surface area contributed by atoms with Gasteiger partial charge in [0, 0.05) is 37.3 Å². The van der Waals surface area contributed by atoms with E-state index in [1.165, 1.54) is 4.90 Å². The summed E-state index contributed by atoms with van der Waals surface area (Å²) in [5.41, 5.74) is 7.83. The summed E-state index contributed by atoms with van der Waals surface area (Å²) in [6.45, 7) is 2.01. The fraction of sp³-hybridized carbons (Fsp3) is 0.294. The molecule has 2 aromatic rings. The molecule has 0 atom stereocenters. The Morgan fingerprint density at radius 1 is 1.48 bits per heavy atom. The number of benzene rings is 1. The molecule has 1 aromatic carbocycles. The molecule has 8 heteroatoms. The Hall–Kier alpha value is -2.61. The van der Waals surface area contributed by atoms with E-state index in [1.54, 1.807) is 37.2 Å². The van der Waals surface area contributed by atoms with Crippen LogP contribution < -0.4 is 10.6 Å². The van der Waals surface area contributed by atoms with Gasteiger partial charge in [-0.3, -0.25) is 0 Å². The minimum Gasteiger partial charge on any atom is -0.465 e. The summed E-state index contributed by atoms with van der Waals surface area (Å²) in [6, 6.07) is 9.47. The van der Waals surface area contributed by atoms with Gasteiger partial charge >= 0.3 is 6.09 Å². The van der Waals surface area contributed by atoms with Crippen molar-refractivity contribution in [3.8, 4) is 0 Å². The first kappa shape index (κ1) is 17.2. The van der Waals surface area contributed by atoms with Crippen LogP contribution in [0, 0.1) is 0 Å². The number of carboxylic acid groups (broad SMARTS) is 1. The number of amides is 1. The molecule has 3 N–H and O–H groups in total. The van der Waals surface area contributed by atoms with Crippen molar-refractivity contribution in [1.29, 1.82) is 0 Å². The number of rotatable bonds is 5. The lowest BCUT2D eigenvalue weighted by Crippen LogP contribution is -2.38. The van der Waals surface area contributed by atoms with Crippen molar-refractivity contribution in [3.63, 3.8) is 0 Å². The number of hydrogen-bond donors (Lipinski definition) is 2. The lowest BCUT2D eigenvalue weighted by molar-refractivity contribution is 0.157. The Morgan fingerprint density at radius 2 is 2.32 bits per heavy atom. The van der Waals surface area contributed by atoms with Gasteiger partial charge in [0.05, 0.1) is 17.6 Å². The fourth-order valence-electron chi connectivity index (χ4n) is 2.55. The average Bonchev–Trinajstić information content (AvgIpc) is 3.14. The Bertz CT molecular complexity index is 776. The predicted molar refractivity (Wildman–Crippen MR) is 99.1 cm³/mol. The second-order valence-electron chi connectivity index (χ2n) is 5.67. The molecule has 1 aliphatic heterocycles. The van der Waals surface area contributed by atoms with E-state index in [2.05, 4.69) is 9.89 Å². The van der Waals surface area contributed by atoms with Crippen LogP contribution in [0.25, 0.3) is 0 Å². The Balaban J connectivity index is 1.76. The first-order chi connectivity index (χ1) is 12.0. The number of carbonyl (C=O) groups is 1. The van der Waals surface area contributed by atoms with Gasteiger partial charge in [0.15, 0.2) is 11.6 Å². The highest BCUT2D eigenvalue weighted by molar-refractivity contribution is 7.99. The standard InChI is InChI=1S/C17H20N4O3S/c1-20(17(22)23)6-7-21-8-10-25-15-11-12(4-5-13(15)21)19-16(18)14-3-2-9-24-14/h2-5,9,11H,6-8,10H2,1H3,(H2,18,19)(H,22,23). The number of anilines is 1. The van der Waals surface area contributed by atoms with Gasteiger partial charge in [0.25, 0.3) is 0 Å². The number of likely N-dealkylation sites (N-methyl/N-ethyl adjacent to an activating group) is 1. The Labute approximate surface area is 150 Å². The van der Waals surface area contributed by atoms with Crippen LogP contribution in [0.2, 0.25) is 0 Å². The molecule has 0 unspecified atom stereocenters. The molecule has 3 rings (SSSR count). The van der Waals surface area contributed by atoms with Crippen LogP contribution in [0.3, 0.4) is 0 Å². The zero-order valence-electron chi connectivity index (χ0n) is 13.9. The third-order valence-corrected chi connectivity index (χ3v) is 4.98. The lowest BCUT2D eigenvalue weighted by atomic mass is 10.2. The summed E-state index contributed by atoms with van der Waals surface area (Å²) in [4.78, 5) is 20.0. The maximum absolute atomic E-state index is 10.9. The molecular weight excluding hydrogens is 340 g/mol. The molecule has 132 valence electrons.